The first kappa shape index (κ1) is 16.5. The van der Waals surface area contributed by atoms with Gasteiger partial charge in [0, 0.05) is 11.1 Å². The number of carbonyl (C=O) groups is 1. The normalized spacial score (nSPS) is 10.6. The third-order valence-corrected chi connectivity index (χ3v) is 4.02. The molecule has 0 N–H and O–H groups in total. The van der Waals surface area contributed by atoms with Crippen LogP contribution in [0.25, 0.3) is 0 Å². The molecule has 1 heteroatoms. The molecule has 0 amide bonds. The zero-order chi connectivity index (χ0) is 15.8. The lowest BCUT2D eigenvalue weighted by atomic mass is 9.97. The van der Waals surface area contributed by atoms with E-state index in [1.165, 1.54) is 36.8 Å². The van der Waals surface area contributed by atoms with Crippen LogP contribution < -0.4 is 0 Å². The van der Waals surface area contributed by atoms with Crippen LogP contribution >= 0.6 is 0 Å². The fourth-order valence-corrected chi connectivity index (χ4v) is 2.66. The molecule has 0 aromatic heterocycles. The molecule has 0 unspecified atom stereocenters. The molecule has 0 saturated heterocycles. The first-order chi connectivity index (χ1) is 10.7. The largest absolute Gasteiger partial charge is 0.289 e. The first-order valence-electron chi connectivity index (χ1n) is 8.47. The maximum absolute atomic E-state index is 12.7. The number of hydrogen-bond acceptors (Lipinski definition) is 1. The Morgan fingerprint density at radius 1 is 0.773 bits per heavy atom. The Bertz CT molecular complexity index is 559. The van der Waals surface area contributed by atoms with E-state index in [-0.39, 0.29) is 5.78 Å². The molecule has 116 valence electrons. The summed E-state index contributed by atoms with van der Waals surface area (Å²) < 4.78 is 0. The highest BCUT2D eigenvalue weighted by atomic mass is 16.1. The van der Waals surface area contributed by atoms with E-state index < -0.39 is 0 Å². The number of benzene rings is 2. The summed E-state index contributed by atoms with van der Waals surface area (Å²) in [5, 5.41) is 0. The van der Waals surface area contributed by atoms with Crippen molar-refractivity contribution >= 4 is 5.78 Å². The van der Waals surface area contributed by atoms with Gasteiger partial charge in [0.05, 0.1) is 0 Å². The summed E-state index contributed by atoms with van der Waals surface area (Å²) in [7, 11) is 0. The number of carbonyl (C=O) groups excluding carboxylic acids is 1. The van der Waals surface area contributed by atoms with Crippen molar-refractivity contribution in [3.05, 3.63) is 70.8 Å². The van der Waals surface area contributed by atoms with Gasteiger partial charge in [0.25, 0.3) is 0 Å². The third kappa shape index (κ3) is 4.56. The molecule has 0 spiro atoms. The second-order valence-corrected chi connectivity index (χ2v) is 5.94. The van der Waals surface area contributed by atoms with Crippen LogP contribution in [0, 0.1) is 0 Å². The van der Waals surface area contributed by atoms with Gasteiger partial charge in [0.1, 0.15) is 0 Å². The second-order valence-electron chi connectivity index (χ2n) is 5.94. The monoisotopic (exact) mass is 294 g/mol. The van der Waals surface area contributed by atoms with Crippen LogP contribution in [-0.2, 0) is 12.8 Å². The summed E-state index contributed by atoms with van der Waals surface area (Å²) in [5.74, 6) is 0.136. The molecule has 0 bridgehead atoms. The van der Waals surface area contributed by atoms with Crippen molar-refractivity contribution in [1.82, 2.24) is 0 Å². The molecule has 1 nitrogen and oxygen atoms in total. The van der Waals surface area contributed by atoms with Crippen molar-refractivity contribution in [2.75, 3.05) is 0 Å². The SMILES string of the molecule is CCCCc1cccc(C(=O)c2cccc(CCCC)c2)c1. The molecule has 0 radical (unpaired) electrons. The van der Waals surface area contributed by atoms with E-state index in [2.05, 4.69) is 38.1 Å². The van der Waals surface area contributed by atoms with E-state index in [4.69, 9.17) is 0 Å². The van der Waals surface area contributed by atoms with Gasteiger partial charge < -0.3 is 0 Å². The lowest BCUT2D eigenvalue weighted by molar-refractivity contribution is 0.103. The highest BCUT2D eigenvalue weighted by molar-refractivity contribution is 6.09. The van der Waals surface area contributed by atoms with Crippen LogP contribution in [0.4, 0.5) is 0 Å². The molecule has 0 aliphatic rings. The van der Waals surface area contributed by atoms with Crippen molar-refractivity contribution in [2.24, 2.45) is 0 Å². The van der Waals surface area contributed by atoms with Crippen LogP contribution in [0.3, 0.4) is 0 Å². The Labute approximate surface area is 134 Å². The van der Waals surface area contributed by atoms with Crippen molar-refractivity contribution in [3.63, 3.8) is 0 Å². The minimum Gasteiger partial charge on any atom is -0.289 e. The van der Waals surface area contributed by atoms with Crippen LogP contribution in [0.5, 0.6) is 0 Å². The lowest BCUT2D eigenvalue weighted by Gasteiger charge is -2.07. The molecule has 22 heavy (non-hydrogen) atoms. The number of rotatable bonds is 8. The predicted octanol–water partition coefficient (Wildman–Crippen LogP) is 5.60. The zero-order valence-corrected chi connectivity index (χ0v) is 13.8. The molecule has 2 aromatic rings. The van der Waals surface area contributed by atoms with E-state index in [0.29, 0.717) is 0 Å². The molecule has 0 heterocycles. The summed E-state index contributed by atoms with van der Waals surface area (Å²) in [6, 6.07) is 16.2. The van der Waals surface area contributed by atoms with Gasteiger partial charge in [0.15, 0.2) is 5.78 Å². The van der Waals surface area contributed by atoms with Crippen molar-refractivity contribution in [2.45, 2.75) is 52.4 Å². The molecular formula is C21H26O. The van der Waals surface area contributed by atoms with Gasteiger partial charge >= 0.3 is 0 Å². The van der Waals surface area contributed by atoms with Crippen LogP contribution in [0.2, 0.25) is 0 Å². The third-order valence-electron chi connectivity index (χ3n) is 4.02. The summed E-state index contributed by atoms with van der Waals surface area (Å²) in [4.78, 5) is 12.7. The number of unbranched alkanes of at least 4 members (excludes halogenated alkanes) is 2. The molecule has 0 aliphatic carbocycles. The summed E-state index contributed by atoms with van der Waals surface area (Å²) in [6.45, 7) is 4.38. The fourth-order valence-electron chi connectivity index (χ4n) is 2.66. The van der Waals surface area contributed by atoms with Gasteiger partial charge in [-0.1, -0.05) is 63.1 Å². The molecular weight excluding hydrogens is 268 g/mol. The molecule has 2 aromatic carbocycles. The van der Waals surface area contributed by atoms with Gasteiger partial charge in [0.2, 0.25) is 0 Å². The minimum atomic E-state index is 0.136. The first-order valence-corrected chi connectivity index (χ1v) is 8.47. The van der Waals surface area contributed by atoms with E-state index >= 15 is 0 Å². The maximum atomic E-state index is 12.7. The van der Waals surface area contributed by atoms with Crippen molar-refractivity contribution < 1.29 is 4.79 Å². The Balaban J connectivity index is 2.17. The smallest absolute Gasteiger partial charge is 0.193 e. The quantitative estimate of drug-likeness (QED) is 0.579. The zero-order valence-electron chi connectivity index (χ0n) is 13.8. The molecule has 0 fully saturated rings. The standard InChI is InChI=1S/C21H26O/c1-3-5-9-17-11-7-13-19(15-17)21(22)20-14-8-12-18(16-20)10-6-4-2/h7-8,11-16H,3-6,9-10H2,1-2H3. The molecule has 2 rings (SSSR count). The van der Waals surface area contributed by atoms with Gasteiger partial charge in [-0.2, -0.15) is 0 Å². The topological polar surface area (TPSA) is 17.1 Å². The maximum Gasteiger partial charge on any atom is 0.193 e. The number of hydrogen-bond donors (Lipinski definition) is 0. The van der Waals surface area contributed by atoms with Crippen molar-refractivity contribution in [3.8, 4) is 0 Å². The Kier molecular flexibility index (Phi) is 6.39. The summed E-state index contributed by atoms with van der Waals surface area (Å²) in [6.07, 6.45) is 6.80. The van der Waals surface area contributed by atoms with E-state index in [1.807, 2.05) is 24.3 Å². The van der Waals surface area contributed by atoms with Gasteiger partial charge in [-0.25, -0.2) is 0 Å². The Hall–Kier alpha value is -1.89. The fraction of sp³-hybridized carbons (Fsp3) is 0.381. The predicted molar refractivity (Wildman–Crippen MR) is 93.5 cm³/mol. The Morgan fingerprint density at radius 2 is 1.23 bits per heavy atom. The minimum absolute atomic E-state index is 0.136. The average molecular weight is 294 g/mol. The highest BCUT2D eigenvalue weighted by Crippen LogP contribution is 2.16. The molecule has 0 atom stereocenters. The van der Waals surface area contributed by atoms with Crippen molar-refractivity contribution in [1.29, 1.82) is 0 Å². The lowest BCUT2D eigenvalue weighted by Crippen LogP contribution is -2.03. The molecule has 0 aliphatic heterocycles. The second kappa shape index (κ2) is 8.53. The van der Waals surface area contributed by atoms with E-state index in [9.17, 15) is 4.79 Å². The van der Waals surface area contributed by atoms with E-state index in [1.54, 1.807) is 0 Å². The molecule has 0 saturated carbocycles. The van der Waals surface area contributed by atoms with Crippen LogP contribution in [-0.4, -0.2) is 5.78 Å². The highest BCUT2D eigenvalue weighted by Gasteiger charge is 2.10. The van der Waals surface area contributed by atoms with Gasteiger partial charge in [-0.05, 0) is 48.9 Å². The number of ketones is 1. The Morgan fingerprint density at radius 3 is 1.64 bits per heavy atom. The van der Waals surface area contributed by atoms with Crippen LogP contribution in [0.15, 0.2) is 48.5 Å². The van der Waals surface area contributed by atoms with Gasteiger partial charge in [-0.15, -0.1) is 0 Å². The summed E-state index contributed by atoms with van der Waals surface area (Å²) >= 11 is 0. The van der Waals surface area contributed by atoms with Gasteiger partial charge in [-0.3, -0.25) is 4.79 Å². The average Bonchev–Trinajstić information content (AvgIpc) is 2.58. The summed E-state index contributed by atoms with van der Waals surface area (Å²) in [5.41, 5.74) is 4.13. The number of aryl methyl sites for hydroxylation is 2. The van der Waals surface area contributed by atoms with Crippen LogP contribution in [0.1, 0.15) is 66.6 Å². The van der Waals surface area contributed by atoms with E-state index in [0.717, 1.165) is 24.0 Å².